The first-order valence-electron chi connectivity index (χ1n) is 11.5. The molecule has 4 aromatic carbocycles. The van der Waals surface area contributed by atoms with Crippen LogP contribution in [0.4, 0.5) is 0 Å². The predicted octanol–water partition coefficient (Wildman–Crippen LogP) is 9.70. The van der Waals surface area contributed by atoms with Gasteiger partial charge in [-0.2, -0.15) is 12.1 Å². The second kappa shape index (κ2) is 12.3. The van der Waals surface area contributed by atoms with Gasteiger partial charge in [0.1, 0.15) is 0 Å². The van der Waals surface area contributed by atoms with Crippen LogP contribution in [-0.4, -0.2) is 5.43 Å². The van der Waals surface area contributed by atoms with E-state index in [0.29, 0.717) is 11.8 Å². The molecule has 0 saturated carbocycles. The maximum absolute atomic E-state index is 5.62. The van der Waals surface area contributed by atoms with E-state index < -0.39 is 18.0 Å². The van der Waals surface area contributed by atoms with Crippen molar-refractivity contribution in [2.75, 3.05) is 0 Å². The number of hydrogen-bond donors (Lipinski definition) is 0. The number of rotatable bonds is 2. The molecule has 172 valence electrons. The molecule has 0 bridgehead atoms. The van der Waals surface area contributed by atoms with Gasteiger partial charge in [0.15, 0.2) is 0 Å². The predicted molar refractivity (Wildman–Crippen MR) is 150 cm³/mol. The quantitative estimate of drug-likeness (QED) is 0.164. The van der Waals surface area contributed by atoms with E-state index in [-0.39, 0.29) is 5.43 Å². The standard InChI is InChI=1S/2C14H11.C2H6Si.2ClH.Zr/c2*1-2-6-11(5-1)14-10-9-12-7-3-4-8-13(12)14;1-3-2;;;/h2*1-11H;1-2H3;2*1H;/q2*-1;;;;+2/p-2. The summed E-state index contributed by atoms with van der Waals surface area (Å²) >= 11 is -1.65. The Kier molecular flexibility index (Phi) is 9.20. The fourth-order valence-electron chi connectivity index (χ4n) is 4.21. The molecule has 0 radical (unpaired) electrons. The Hall–Kier alpha value is -1.70. The second-order valence-corrected chi connectivity index (χ2v) is 31.6. The van der Waals surface area contributed by atoms with Gasteiger partial charge in [-0.05, 0) is 11.8 Å². The number of fused-ring (bicyclic) bond motifs is 2. The Morgan fingerprint density at radius 1 is 0.618 bits per heavy atom. The average molecular weight is 579 g/mol. The third kappa shape index (κ3) is 6.29. The van der Waals surface area contributed by atoms with Gasteiger partial charge in [-0.3, -0.25) is 0 Å². The molecule has 0 unspecified atom stereocenters. The van der Waals surface area contributed by atoms with Gasteiger partial charge in [-0.15, -0.1) is 81.2 Å². The van der Waals surface area contributed by atoms with E-state index in [9.17, 15) is 0 Å². The van der Waals surface area contributed by atoms with Crippen molar-refractivity contribution in [1.29, 1.82) is 0 Å². The van der Waals surface area contributed by atoms with Crippen LogP contribution in [0, 0.1) is 0 Å². The maximum atomic E-state index is 5.62. The molecule has 0 aliphatic heterocycles. The molecule has 2 aliphatic rings. The van der Waals surface area contributed by atoms with Gasteiger partial charge < -0.3 is 0 Å². The SMILES string of the molecule is C1=CC([c-]2ccc3ccccc32)C=C1.C1=CC([c-]2ccc3ccccc32)C=C1.C[Si](C)=[Zr]([Cl])[Cl]. The summed E-state index contributed by atoms with van der Waals surface area (Å²) < 4.78 is 0. The molecule has 0 N–H and O–H groups in total. The molecule has 0 atom stereocenters. The van der Waals surface area contributed by atoms with Crippen LogP contribution in [0.2, 0.25) is 13.1 Å². The summed E-state index contributed by atoms with van der Waals surface area (Å²) in [6.07, 6.45) is 17.4. The van der Waals surface area contributed by atoms with Gasteiger partial charge in [-0.25, -0.2) is 0 Å². The summed E-state index contributed by atoms with van der Waals surface area (Å²) in [5.41, 5.74) is 2.62. The Morgan fingerprint density at radius 2 is 0.971 bits per heavy atom. The summed E-state index contributed by atoms with van der Waals surface area (Å²) in [5, 5.41) is 5.45. The normalized spacial score (nSPS) is 14.4. The van der Waals surface area contributed by atoms with Crippen LogP contribution in [0.3, 0.4) is 0 Å². The monoisotopic (exact) mass is 576 g/mol. The zero-order valence-corrected chi connectivity index (χ0v) is 24.4. The van der Waals surface area contributed by atoms with Crippen molar-refractivity contribution in [3.63, 3.8) is 0 Å². The Labute approximate surface area is 217 Å². The van der Waals surface area contributed by atoms with Gasteiger partial charge in [0, 0.05) is 0 Å². The van der Waals surface area contributed by atoms with E-state index in [0.717, 1.165) is 0 Å². The first-order valence-corrected chi connectivity index (χ1v) is 24.0. The molecular formula is C30H28Cl2SiZr-2. The summed E-state index contributed by atoms with van der Waals surface area (Å²) in [5.74, 6) is 0.963. The van der Waals surface area contributed by atoms with Crippen molar-refractivity contribution in [3.8, 4) is 0 Å². The van der Waals surface area contributed by atoms with Crippen molar-refractivity contribution in [3.05, 3.63) is 133 Å². The molecule has 2 aliphatic carbocycles. The second-order valence-electron chi connectivity index (χ2n) is 8.60. The van der Waals surface area contributed by atoms with E-state index >= 15 is 0 Å². The van der Waals surface area contributed by atoms with Gasteiger partial charge in [-0.1, -0.05) is 60.7 Å². The average Bonchev–Trinajstić information content (AvgIpc) is 3.65. The molecule has 34 heavy (non-hydrogen) atoms. The molecule has 0 aromatic heterocycles. The number of allylic oxidation sites excluding steroid dienone is 8. The summed E-state index contributed by atoms with van der Waals surface area (Å²) in [6.45, 7) is 4.33. The third-order valence-corrected chi connectivity index (χ3v) is 25.8. The number of halogens is 2. The first-order chi connectivity index (χ1) is 16.5. The molecule has 0 saturated heterocycles. The molecule has 0 heterocycles. The van der Waals surface area contributed by atoms with E-state index in [1.165, 1.54) is 32.7 Å². The third-order valence-electron chi connectivity index (χ3n) is 6.02. The molecule has 0 spiro atoms. The van der Waals surface area contributed by atoms with E-state index in [1.54, 1.807) is 0 Å². The van der Waals surface area contributed by atoms with E-state index in [4.69, 9.17) is 17.0 Å². The van der Waals surface area contributed by atoms with Crippen LogP contribution in [0.5, 0.6) is 0 Å². The van der Waals surface area contributed by atoms with Crippen molar-refractivity contribution in [1.82, 2.24) is 0 Å². The van der Waals surface area contributed by atoms with E-state index in [1.807, 2.05) is 0 Å². The topological polar surface area (TPSA) is 0 Å². The minimum absolute atomic E-state index is 0.224. The van der Waals surface area contributed by atoms with Crippen LogP contribution >= 0.6 is 17.0 Å². The molecule has 6 rings (SSSR count). The van der Waals surface area contributed by atoms with Crippen molar-refractivity contribution >= 4 is 44.0 Å². The Morgan fingerprint density at radius 3 is 1.32 bits per heavy atom. The minimum atomic E-state index is -1.65. The van der Waals surface area contributed by atoms with Crippen molar-refractivity contribution in [2.45, 2.75) is 24.9 Å². The molecule has 4 aromatic rings. The Bertz CT molecular complexity index is 1270. The van der Waals surface area contributed by atoms with Crippen LogP contribution in [0.25, 0.3) is 21.5 Å². The Balaban J connectivity index is 0.000000132. The zero-order chi connectivity index (χ0) is 23.9. The first kappa shape index (κ1) is 25.4. The fraction of sp³-hybridized carbons (Fsp3) is 0.133. The van der Waals surface area contributed by atoms with Gasteiger partial charge in [0.05, 0.1) is 0 Å². The molecule has 4 heteroatoms. The number of benzene rings is 2. The van der Waals surface area contributed by atoms with Crippen LogP contribution in [0.15, 0.2) is 121 Å². The summed E-state index contributed by atoms with van der Waals surface area (Å²) in [4.78, 5) is 0. The fourth-order valence-corrected chi connectivity index (χ4v) is 4.21. The van der Waals surface area contributed by atoms with Crippen LogP contribution in [0.1, 0.15) is 23.0 Å². The van der Waals surface area contributed by atoms with Crippen molar-refractivity contribution < 1.29 is 18.0 Å². The summed E-state index contributed by atoms with van der Waals surface area (Å²) in [7, 11) is 11.2. The van der Waals surface area contributed by atoms with Crippen molar-refractivity contribution in [2.24, 2.45) is 0 Å². The molecule has 0 fully saturated rings. The van der Waals surface area contributed by atoms with Gasteiger partial charge >= 0.3 is 53.5 Å². The molecular weight excluding hydrogens is 551 g/mol. The number of hydrogen-bond acceptors (Lipinski definition) is 0. The van der Waals surface area contributed by atoms with Gasteiger partial charge in [0.25, 0.3) is 0 Å². The van der Waals surface area contributed by atoms with E-state index in [2.05, 4.69) is 134 Å². The molecule has 0 amide bonds. The zero-order valence-electron chi connectivity index (χ0n) is 19.5. The summed E-state index contributed by atoms with van der Waals surface area (Å²) in [6, 6.07) is 26.0. The molecule has 0 nitrogen and oxygen atoms in total. The van der Waals surface area contributed by atoms with Crippen LogP contribution in [-0.2, 0) is 18.0 Å². The van der Waals surface area contributed by atoms with Gasteiger partial charge in [0.2, 0.25) is 0 Å². The van der Waals surface area contributed by atoms with Crippen LogP contribution < -0.4 is 0 Å².